The summed E-state index contributed by atoms with van der Waals surface area (Å²) >= 11 is 0. The maximum absolute atomic E-state index is 13.2. The van der Waals surface area contributed by atoms with Crippen molar-refractivity contribution < 1.29 is 23.9 Å². The lowest BCUT2D eigenvalue weighted by Crippen LogP contribution is -2.61. The number of morpholine rings is 1. The zero-order valence-electron chi connectivity index (χ0n) is 15.4. The van der Waals surface area contributed by atoms with Gasteiger partial charge in [0.1, 0.15) is 5.60 Å². The maximum atomic E-state index is 13.2. The molecule has 0 aliphatic carbocycles. The number of rotatable bonds is 1. The molecule has 4 heterocycles. The lowest BCUT2D eigenvalue weighted by atomic mass is 9.82. The SMILES string of the molecule is CCN1C(=O)[C@H]2[C@H](O[C@@]3(C)C=C(C)CN(C(=O)N4CCOCC4)[C@@H]23)C1=O. The van der Waals surface area contributed by atoms with Crippen LogP contribution in [0.5, 0.6) is 0 Å². The lowest BCUT2D eigenvalue weighted by molar-refractivity contribution is -0.146. The summed E-state index contributed by atoms with van der Waals surface area (Å²) in [5, 5.41) is 0. The molecule has 4 aliphatic rings. The van der Waals surface area contributed by atoms with E-state index in [0.29, 0.717) is 39.4 Å². The average Bonchev–Trinajstić information content (AvgIpc) is 3.04. The van der Waals surface area contributed by atoms with Crippen LogP contribution in [0.3, 0.4) is 0 Å². The Morgan fingerprint density at radius 1 is 1.27 bits per heavy atom. The number of amides is 4. The molecule has 0 aromatic heterocycles. The van der Waals surface area contributed by atoms with Crippen molar-refractivity contribution in [2.24, 2.45) is 5.92 Å². The van der Waals surface area contributed by atoms with Crippen LogP contribution in [0, 0.1) is 5.92 Å². The first-order valence-corrected chi connectivity index (χ1v) is 9.22. The molecule has 4 rings (SSSR count). The van der Waals surface area contributed by atoms with E-state index in [1.807, 2.05) is 19.9 Å². The third-order valence-electron chi connectivity index (χ3n) is 5.83. The number of carbonyl (C=O) groups is 3. The maximum Gasteiger partial charge on any atom is 0.320 e. The smallest absolute Gasteiger partial charge is 0.320 e. The molecular weight excluding hydrogens is 338 g/mol. The first kappa shape index (κ1) is 17.5. The number of hydrogen-bond acceptors (Lipinski definition) is 5. The van der Waals surface area contributed by atoms with Crippen molar-refractivity contribution in [2.45, 2.75) is 38.5 Å². The van der Waals surface area contributed by atoms with Crippen molar-refractivity contribution >= 4 is 17.8 Å². The second kappa shape index (κ2) is 6.06. The number of urea groups is 1. The van der Waals surface area contributed by atoms with E-state index in [2.05, 4.69) is 0 Å². The molecule has 0 bridgehead atoms. The van der Waals surface area contributed by atoms with Gasteiger partial charge in [-0.15, -0.1) is 0 Å². The van der Waals surface area contributed by atoms with Crippen LogP contribution < -0.4 is 0 Å². The van der Waals surface area contributed by atoms with Gasteiger partial charge in [0, 0.05) is 26.2 Å². The van der Waals surface area contributed by atoms with Gasteiger partial charge in [-0.3, -0.25) is 14.5 Å². The van der Waals surface area contributed by atoms with Gasteiger partial charge in [-0.25, -0.2) is 4.79 Å². The van der Waals surface area contributed by atoms with Crippen LogP contribution in [0.15, 0.2) is 11.6 Å². The molecule has 3 saturated heterocycles. The molecule has 0 aromatic rings. The lowest BCUT2D eigenvalue weighted by Gasteiger charge is -2.45. The summed E-state index contributed by atoms with van der Waals surface area (Å²) in [6.45, 7) is 8.45. The molecule has 0 unspecified atom stereocenters. The Bertz CT molecular complexity index is 686. The normalized spacial score (nSPS) is 37.0. The highest BCUT2D eigenvalue weighted by Crippen LogP contribution is 2.47. The van der Waals surface area contributed by atoms with Gasteiger partial charge in [-0.1, -0.05) is 11.6 Å². The van der Waals surface area contributed by atoms with E-state index in [1.165, 1.54) is 4.90 Å². The van der Waals surface area contributed by atoms with E-state index in [9.17, 15) is 14.4 Å². The molecule has 0 aromatic carbocycles. The Balaban J connectivity index is 1.70. The minimum absolute atomic E-state index is 0.114. The highest BCUT2D eigenvalue weighted by Gasteiger charge is 2.66. The van der Waals surface area contributed by atoms with Gasteiger partial charge in [0.2, 0.25) is 5.91 Å². The number of likely N-dealkylation sites (N-methyl/N-ethyl adjacent to an activating group) is 1. The third kappa shape index (κ3) is 2.39. The Labute approximate surface area is 152 Å². The molecule has 4 aliphatic heterocycles. The number of imide groups is 1. The monoisotopic (exact) mass is 363 g/mol. The highest BCUT2D eigenvalue weighted by atomic mass is 16.5. The van der Waals surface area contributed by atoms with Crippen molar-refractivity contribution in [1.82, 2.24) is 14.7 Å². The average molecular weight is 363 g/mol. The van der Waals surface area contributed by atoms with Crippen molar-refractivity contribution in [3.8, 4) is 0 Å². The topological polar surface area (TPSA) is 79.4 Å². The van der Waals surface area contributed by atoms with E-state index >= 15 is 0 Å². The summed E-state index contributed by atoms with van der Waals surface area (Å²) in [7, 11) is 0. The van der Waals surface area contributed by atoms with Crippen LogP contribution in [0.4, 0.5) is 4.79 Å². The quantitative estimate of drug-likeness (QED) is 0.492. The zero-order chi connectivity index (χ0) is 18.6. The van der Waals surface area contributed by atoms with E-state index in [1.54, 1.807) is 16.7 Å². The Morgan fingerprint density at radius 3 is 2.62 bits per heavy atom. The Morgan fingerprint density at radius 2 is 1.96 bits per heavy atom. The number of fused-ring (bicyclic) bond motifs is 3. The molecule has 3 fully saturated rings. The summed E-state index contributed by atoms with van der Waals surface area (Å²) < 4.78 is 11.4. The molecule has 8 heteroatoms. The van der Waals surface area contributed by atoms with Crippen LogP contribution in [-0.4, -0.2) is 89.7 Å². The van der Waals surface area contributed by atoms with Crippen LogP contribution in [0.2, 0.25) is 0 Å². The minimum atomic E-state index is -0.829. The predicted molar refractivity (Wildman–Crippen MR) is 91.2 cm³/mol. The van der Waals surface area contributed by atoms with Crippen LogP contribution in [-0.2, 0) is 19.1 Å². The van der Waals surface area contributed by atoms with Gasteiger partial charge in [0.05, 0.1) is 25.2 Å². The Hall–Kier alpha value is -1.93. The van der Waals surface area contributed by atoms with Crippen molar-refractivity contribution in [3.05, 3.63) is 11.6 Å². The molecule has 0 spiro atoms. The summed E-state index contributed by atoms with van der Waals surface area (Å²) in [5.41, 5.74) is 0.169. The number of likely N-dealkylation sites (tertiary alicyclic amines) is 1. The molecule has 142 valence electrons. The van der Waals surface area contributed by atoms with Gasteiger partial charge in [-0.2, -0.15) is 0 Å². The van der Waals surface area contributed by atoms with E-state index in [0.717, 1.165) is 5.57 Å². The molecular formula is C18H25N3O5. The van der Waals surface area contributed by atoms with E-state index < -0.39 is 23.7 Å². The highest BCUT2D eigenvalue weighted by molar-refractivity contribution is 6.07. The van der Waals surface area contributed by atoms with Crippen molar-refractivity contribution in [2.75, 3.05) is 39.4 Å². The standard InChI is InChI=1S/C18H25N3O5/c1-4-20-15(22)12-13(16(20)23)26-18(3)9-11(2)10-21(14(12)18)17(24)19-5-7-25-8-6-19/h9,12-14H,4-8,10H2,1-3H3/t12-,13-,14-,18-/m0/s1. The number of hydrogen-bond donors (Lipinski definition) is 0. The molecule has 0 saturated carbocycles. The summed E-state index contributed by atoms with van der Waals surface area (Å²) in [6, 6.07) is -0.587. The summed E-state index contributed by atoms with van der Waals surface area (Å²) in [5.74, 6) is -1.16. The molecule has 4 atom stereocenters. The van der Waals surface area contributed by atoms with Crippen LogP contribution in [0.25, 0.3) is 0 Å². The van der Waals surface area contributed by atoms with Crippen molar-refractivity contribution in [3.63, 3.8) is 0 Å². The largest absolute Gasteiger partial charge is 0.378 e. The first-order valence-electron chi connectivity index (χ1n) is 9.22. The minimum Gasteiger partial charge on any atom is -0.378 e. The van der Waals surface area contributed by atoms with Crippen LogP contribution >= 0.6 is 0 Å². The van der Waals surface area contributed by atoms with E-state index in [-0.39, 0.29) is 17.8 Å². The van der Waals surface area contributed by atoms with Gasteiger partial charge < -0.3 is 19.3 Å². The van der Waals surface area contributed by atoms with Crippen molar-refractivity contribution in [1.29, 1.82) is 0 Å². The number of nitrogens with zero attached hydrogens (tertiary/aromatic N) is 3. The first-order chi connectivity index (χ1) is 12.4. The fourth-order valence-electron chi connectivity index (χ4n) is 4.81. The molecule has 0 radical (unpaired) electrons. The van der Waals surface area contributed by atoms with Gasteiger partial charge in [0.15, 0.2) is 6.10 Å². The van der Waals surface area contributed by atoms with Gasteiger partial charge in [0.25, 0.3) is 5.91 Å². The Kier molecular flexibility index (Phi) is 4.07. The zero-order valence-corrected chi connectivity index (χ0v) is 15.4. The fraction of sp³-hybridized carbons (Fsp3) is 0.722. The second-order valence-corrected chi connectivity index (χ2v) is 7.61. The molecule has 4 amide bonds. The molecule has 26 heavy (non-hydrogen) atoms. The third-order valence-corrected chi connectivity index (χ3v) is 5.83. The van der Waals surface area contributed by atoms with Gasteiger partial charge in [-0.05, 0) is 20.8 Å². The second-order valence-electron chi connectivity index (χ2n) is 7.61. The fourth-order valence-corrected chi connectivity index (χ4v) is 4.81. The summed E-state index contributed by atoms with van der Waals surface area (Å²) in [6.07, 6.45) is 1.16. The summed E-state index contributed by atoms with van der Waals surface area (Å²) in [4.78, 5) is 43.4. The van der Waals surface area contributed by atoms with Gasteiger partial charge >= 0.3 is 6.03 Å². The number of ether oxygens (including phenoxy) is 2. The molecule has 0 N–H and O–H groups in total. The number of carbonyl (C=O) groups excluding carboxylic acids is 3. The molecule has 8 nitrogen and oxygen atoms in total. The van der Waals surface area contributed by atoms with E-state index in [4.69, 9.17) is 9.47 Å². The predicted octanol–water partition coefficient (Wildman–Crippen LogP) is 0.232. The van der Waals surface area contributed by atoms with Crippen LogP contribution in [0.1, 0.15) is 20.8 Å².